The number of allylic oxidation sites excluding steroid dienone is 5. The van der Waals surface area contributed by atoms with Crippen LogP contribution in [0.4, 0.5) is 0 Å². The molecule has 0 atom stereocenters. The molecule has 1 aromatic carbocycles. The van der Waals surface area contributed by atoms with Crippen molar-refractivity contribution in [2.24, 2.45) is 5.92 Å². The van der Waals surface area contributed by atoms with Gasteiger partial charge in [-0.3, -0.25) is 0 Å². The molecule has 0 spiro atoms. The highest BCUT2D eigenvalue weighted by atomic mass is 15.0. The first kappa shape index (κ1) is 18.6. The Labute approximate surface area is 148 Å². The number of hydrogen-bond donors (Lipinski definition) is 1. The summed E-state index contributed by atoms with van der Waals surface area (Å²) in [5.41, 5.74) is 5.47. The second-order valence-corrected chi connectivity index (χ2v) is 7.36. The van der Waals surface area contributed by atoms with E-state index in [9.17, 15) is 0 Å². The van der Waals surface area contributed by atoms with Crippen molar-refractivity contribution in [2.45, 2.75) is 65.8 Å². The van der Waals surface area contributed by atoms with Crippen LogP contribution in [-0.4, -0.2) is 0 Å². The van der Waals surface area contributed by atoms with E-state index >= 15 is 0 Å². The lowest BCUT2D eigenvalue weighted by Gasteiger charge is -2.43. The Morgan fingerprint density at radius 1 is 1.12 bits per heavy atom. The number of hydrogen-bond acceptors (Lipinski definition) is 1. The molecular formula is C23H33N. The minimum atomic E-state index is 0.0511. The van der Waals surface area contributed by atoms with Gasteiger partial charge >= 0.3 is 0 Å². The molecule has 0 radical (unpaired) electrons. The van der Waals surface area contributed by atoms with Gasteiger partial charge in [0.1, 0.15) is 0 Å². The second-order valence-electron chi connectivity index (χ2n) is 7.36. The Bertz CT molecular complexity index is 625. The van der Waals surface area contributed by atoms with Gasteiger partial charge in [0, 0.05) is 5.70 Å². The van der Waals surface area contributed by atoms with E-state index in [-0.39, 0.29) is 5.54 Å². The smallest absolute Gasteiger partial charge is 0.0628 e. The molecule has 0 bridgehead atoms. The molecule has 1 saturated carbocycles. The minimum absolute atomic E-state index is 0.0511. The largest absolute Gasteiger partial charge is 0.376 e. The lowest BCUT2D eigenvalue weighted by atomic mass is 9.71. The van der Waals surface area contributed by atoms with E-state index in [0.717, 1.165) is 5.92 Å². The van der Waals surface area contributed by atoms with Crippen LogP contribution >= 0.6 is 0 Å². The van der Waals surface area contributed by atoms with Gasteiger partial charge in [-0.15, -0.1) is 0 Å². The molecule has 0 unspecified atom stereocenters. The van der Waals surface area contributed by atoms with E-state index in [0.29, 0.717) is 0 Å². The van der Waals surface area contributed by atoms with Crippen LogP contribution in [0, 0.1) is 19.8 Å². The molecule has 24 heavy (non-hydrogen) atoms. The van der Waals surface area contributed by atoms with Gasteiger partial charge in [-0.2, -0.15) is 0 Å². The highest BCUT2D eigenvalue weighted by Crippen LogP contribution is 2.41. The summed E-state index contributed by atoms with van der Waals surface area (Å²) in [6.45, 7) is 11.0. The Morgan fingerprint density at radius 3 is 2.46 bits per heavy atom. The molecule has 0 saturated heterocycles. The van der Waals surface area contributed by atoms with Crippen molar-refractivity contribution in [3.63, 3.8) is 0 Å². The lowest BCUT2D eigenvalue weighted by molar-refractivity contribution is 0.211. The van der Waals surface area contributed by atoms with Crippen molar-refractivity contribution in [3.8, 4) is 0 Å². The van der Waals surface area contributed by atoms with E-state index in [1.165, 1.54) is 48.1 Å². The maximum Gasteiger partial charge on any atom is 0.0628 e. The molecule has 1 heteroatoms. The van der Waals surface area contributed by atoms with Crippen LogP contribution in [0.5, 0.6) is 0 Å². The highest BCUT2D eigenvalue weighted by molar-refractivity contribution is 5.39. The van der Waals surface area contributed by atoms with E-state index < -0.39 is 0 Å². The first-order chi connectivity index (χ1) is 11.5. The Balaban J connectivity index is 2.45. The summed E-state index contributed by atoms with van der Waals surface area (Å²) in [4.78, 5) is 0. The fourth-order valence-corrected chi connectivity index (χ4v) is 3.76. The SMILES string of the molecule is C\C=C/C(=C\C=C\C)NC1(c2cc(C)ccc2C)CCC(C)CC1. The molecule has 1 aliphatic carbocycles. The maximum atomic E-state index is 3.93. The molecule has 0 aliphatic heterocycles. The summed E-state index contributed by atoms with van der Waals surface area (Å²) in [6.07, 6.45) is 15.6. The molecule has 0 aromatic heterocycles. The third-order valence-corrected chi connectivity index (χ3v) is 5.23. The first-order valence-corrected chi connectivity index (χ1v) is 9.32. The van der Waals surface area contributed by atoms with Gasteiger partial charge in [0.2, 0.25) is 0 Å². The molecular weight excluding hydrogens is 290 g/mol. The summed E-state index contributed by atoms with van der Waals surface area (Å²) in [5, 5.41) is 3.93. The maximum absolute atomic E-state index is 3.93. The number of rotatable bonds is 5. The third-order valence-electron chi connectivity index (χ3n) is 5.23. The van der Waals surface area contributed by atoms with Crippen molar-refractivity contribution in [2.75, 3.05) is 0 Å². The molecule has 1 fully saturated rings. The lowest BCUT2D eigenvalue weighted by Crippen LogP contribution is -2.45. The van der Waals surface area contributed by atoms with Crippen LogP contribution in [-0.2, 0) is 5.54 Å². The summed E-state index contributed by atoms with van der Waals surface area (Å²) >= 11 is 0. The summed E-state index contributed by atoms with van der Waals surface area (Å²) in [7, 11) is 0. The first-order valence-electron chi connectivity index (χ1n) is 9.32. The third kappa shape index (κ3) is 4.41. The van der Waals surface area contributed by atoms with Gasteiger partial charge in [-0.25, -0.2) is 0 Å². The average Bonchev–Trinajstić information content (AvgIpc) is 2.57. The Kier molecular flexibility index (Phi) is 6.48. The van der Waals surface area contributed by atoms with Crippen LogP contribution in [0.15, 0.2) is 54.3 Å². The summed E-state index contributed by atoms with van der Waals surface area (Å²) < 4.78 is 0. The van der Waals surface area contributed by atoms with Gasteiger partial charge in [0.05, 0.1) is 5.54 Å². The van der Waals surface area contributed by atoms with Crippen molar-refractivity contribution < 1.29 is 0 Å². The number of benzene rings is 1. The minimum Gasteiger partial charge on any atom is -0.376 e. The van der Waals surface area contributed by atoms with Gasteiger partial charge in [-0.1, -0.05) is 48.9 Å². The fourth-order valence-electron chi connectivity index (χ4n) is 3.76. The Hall–Kier alpha value is -1.76. The van der Waals surface area contributed by atoms with Gasteiger partial charge in [0.15, 0.2) is 0 Å². The van der Waals surface area contributed by atoms with Crippen LogP contribution in [0.3, 0.4) is 0 Å². The Morgan fingerprint density at radius 2 is 1.83 bits per heavy atom. The van der Waals surface area contributed by atoms with Crippen LogP contribution in [0.25, 0.3) is 0 Å². The molecule has 1 nitrogen and oxygen atoms in total. The van der Waals surface area contributed by atoms with Crippen LogP contribution < -0.4 is 5.32 Å². The van der Waals surface area contributed by atoms with E-state index in [1.54, 1.807) is 0 Å². The zero-order valence-electron chi connectivity index (χ0n) is 16.0. The summed E-state index contributed by atoms with van der Waals surface area (Å²) in [6, 6.07) is 6.89. The van der Waals surface area contributed by atoms with Crippen molar-refractivity contribution in [1.29, 1.82) is 0 Å². The predicted molar refractivity (Wildman–Crippen MR) is 106 cm³/mol. The normalized spacial score (nSPS) is 25.5. The monoisotopic (exact) mass is 323 g/mol. The molecule has 2 rings (SSSR count). The number of nitrogens with one attached hydrogen (secondary N) is 1. The molecule has 130 valence electrons. The molecule has 1 aromatic rings. The zero-order valence-corrected chi connectivity index (χ0v) is 16.0. The second kappa shape index (κ2) is 8.37. The highest BCUT2D eigenvalue weighted by Gasteiger charge is 2.37. The van der Waals surface area contributed by atoms with Crippen LogP contribution in [0.1, 0.15) is 63.1 Å². The molecule has 1 aliphatic rings. The van der Waals surface area contributed by atoms with Gasteiger partial charge < -0.3 is 5.32 Å². The number of aryl methyl sites for hydroxylation is 2. The van der Waals surface area contributed by atoms with E-state index in [4.69, 9.17) is 0 Å². The molecule has 0 amide bonds. The molecule has 1 N–H and O–H groups in total. The fraction of sp³-hybridized carbons (Fsp3) is 0.478. The van der Waals surface area contributed by atoms with Gasteiger partial charge in [-0.05, 0) is 82.6 Å². The van der Waals surface area contributed by atoms with Gasteiger partial charge in [0.25, 0.3) is 0 Å². The van der Waals surface area contributed by atoms with Crippen molar-refractivity contribution in [1.82, 2.24) is 5.32 Å². The molecule has 0 heterocycles. The van der Waals surface area contributed by atoms with E-state index in [1.807, 2.05) is 0 Å². The van der Waals surface area contributed by atoms with Crippen molar-refractivity contribution >= 4 is 0 Å². The predicted octanol–water partition coefficient (Wildman–Crippen LogP) is 6.33. The van der Waals surface area contributed by atoms with E-state index in [2.05, 4.69) is 88.5 Å². The standard InChI is InChI=1S/C23H33N/c1-6-8-10-21(9-7-2)24-23(15-13-18(3)14-16-23)22-17-19(4)11-12-20(22)5/h6-12,17-18,24H,13-16H2,1-5H3/b8-6+,9-7-,21-10+. The topological polar surface area (TPSA) is 12.0 Å². The van der Waals surface area contributed by atoms with Crippen molar-refractivity contribution in [3.05, 3.63) is 71.0 Å². The zero-order chi connectivity index (χ0) is 17.6. The quantitative estimate of drug-likeness (QED) is 0.624. The average molecular weight is 324 g/mol. The summed E-state index contributed by atoms with van der Waals surface area (Å²) in [5.74, 6) is 0.828. The van der Waals surface area contributed by atoms with Crippen LogP contribution in [0.2, 0.25) is 0 Å².